The first-order valence-electron chi connectivity index (χ1n) is 5.22. The maximum atomic E-state index is 5.63. The van der Waals surface area contributed by atoms with Gasteiger partial charge in [-0.3, -0.25) is 9.98 Å². The molecule has 0 aliphatic carbocycles. The maximum Gasteiger partial charge on any atom is 0.148 e. The van der Waals surface area contributed by atoms with E-state index in [-0.39, 0.29) is 0 Å². The monoisotopic (exact) mass is 217 g/mol. The minimum atomic E-state index is 0.614. The van der Waals surface area contributed by atoms with Crippen LogP contribution in [0.4, 0.5) is 0 Å². The zero-order chi connectivity index (χ0) is 11.5. The molecular weight excluding hydrogens is 202 g/mol. The van der Waals surface area contributed by atoms with Gasteiger partial charge in [-0.1, -0.05) is 6.58 Å². The average molecular weight is 217 g/mol. The van der Waals surface area contributed by atoms with Crippen LogP contribution in [0.25, 0.3) is 0 Å². The Morgan fingerprint density at radius 1 is 1.62 bits per heavy atom. The quantitative estimate of drug-likeness (QED) is 0.717. The van der Waals surface area contributed by atoms with Gasteiger partial charge in [0.2, 0.25) is 0 Å². The van der Waals surface area contributed by atoms with Gasteiger partial charge in [0.1, 0.15) is 18.2 Å². The lowest BCUT2D eigenvalue weighted by Crippen LogP contribution is -2.27. The number of aliphatic imine (C=N–C) groups is 1. The SMILES string of the molecule is C=CN1CCOc2cnc(C)cc2C1=NC. The van der Waals surface area contributed by atoms with Crippen molar-refractivity contribution in [2.45, 2.75) is 6.92 Å². The third-order valence-electron chi connectivity index (χ3n) is 2.54. The number of hydrogen-bond acceptors (Lipinski definition) is 3. The highest BCUT2D eigenvalue weighted by molar-refractivity contribution is 6.01. The molecule has 0 fully saturated rings. The number of fused-ring (bicyclic) bond motifs is 1. The van der Waals surface area contributed by atoms with Crippen LogP contribution in [0.1, 0.15) is 11.3 Å². The number of pyridine rings is 1. The predicted octanol–water partition coefficient (Wildman–Crippen LogP) is 1.60. The molecule has 0 unspecified atom stereocenters. The summed E-state index contributed by atoms with van der Waals surface area (Å²) in [7, 11) is 1.77. The van der Waals surface area contributed by atoms with Crippen LogP contribution in [-0.4, -0.2) is 35.9 Å². The molecule has 2 heterocycles. The van der Waals surface area contributed by atoms with E-state index in [4.69, 9.17) is 4.74 Å². The summed E-state index contributed by atoms with van der Waals surface area (Å²) in [5.74, 6) is 1.67. The average Bonchev–Trinajstić information content (AvgIpc) is 2.46. The molecule has 0 aromatic carbocycles. The molecule has 1 aromatic heterocycles. The van der Waals surface area contributed by atoms with Gasteiger partial charge in [0.15, 0.2) is 0 Å². The molecule has 0 bridgehead atoms. The van der Waals surface area contributed by atoms with Crippen LogP contribution in [-0.2, 0) is 0 Å². The van der Waals surface area contributed by atoms with E-state index in [1.54, 1.807) is 19.4 Å². The second kappa shape index (κ2) is 4.35. The number of aromatic nitrogens is 1. The van der Waals surface area contributed by atoms with Crippen molar-refractivity contribution < 1.29 is 4.74 Å². The highest BCUT2D eigenvalue weighted by atomic mass is 16.5. The number of nitrogens with zero attached hydrogens (tertiary/aromatic N) is 3. The van der Waals surface area contributed by atoms with Crippen molar-refractivity contribution in [2.24, 2.45) is 4.99 Å². The van der Waals surface area contributed by atoms with E-state index < -0.39 is 0 Å². The van der Waals surface area contributed by atoms with Gasteiger partial charge in [-0.05, 0) is 19.2 Å². The van der Waals surface area contributed by atoms with Crippen LogP contribution in [0.5, 0.6) is 5.75 Å². The summed E-state index contributed by atoms with van der Waals surface area (Å²) in [4.78, 5) is 10.5. The molecule has 16 heavy (non-hydrogen) atoms. The number of rotatable bonds is 1. The summed E-state index contributed by atoms with van der Waals surface area (Å²) in [5, 5.41) is 0. The van der Waals surface area contributed by atoms with Crippen LogP contribution in [0, 0.1) is 6.92 Å². The molecule has 1 aliphatic heterocycles. The molecule has 1 aromatic rings. The fourth-order valence-corrected chi connectivity index (χ4v) is 1.78. The third kappa shape index (κ3) is 1.78. The predicted molar refractivity (Wildman–Crippen MR) is 63.8 cm³/mol. The Morgan fingerprint density at radius 2 is 2.44 bits per heavy atom. The Morgan fingerprint density at radius 3 is 3.12 bits per heavy atom. The fourth-order valence-electron chi connectivity index (χ4n) is 1.78. The lowest BCUT2D eigenvalue weighted by Gasteiger charge is -2.18. The summed E-state index contributed by atoms with van der Waals surface area (Å²) in [6.45, 7) is 7.12. The van der Waals surface area contributed by atoms with Gasteiger partial charge in [0.05, 0.1) is 18.3 Å². The molecule has 0 spiro atoms. The Balaban J connectivity index is 2.55. The lowest BCUT2D eigenvalue weighted by atomic mass is 10.2. The van der Waals surface area contributed by atoms with Crippen molar-refractivity contribution in [3.63, 3.8) is 0 Å². The van der Waals surface area contributed by atoms with E-state index in [9.17, 15) is 0 Å². The van der Waals surface area contributed by atoms with Gasteiger partial charge in [0, 0.05) is 12.7 Å². The maximum absolute atomic E-state index is 5.63. The number of aryl methyl sites for hydroxylation is 1. The molecule has 0 saturated carbocycles. The second-order valence-corrected chi connectivity index (χ2v) is 3.59. The minimum Gasteiger partial charge on any atom is -0.489 e. The van der Waals surface area contributed by atoms with E-state index in [0.29, 0.717) is 6.61 Å². The number of hydrogen-bond donors (Lipinski definition) is 0. The topological polar surface area (TPSA) is 37.7 Å². The Kier molecular flexibility index (Phi) is 2.90. The molecule has 4 nitrogen and oxygen atoms in total. The third-order valence-corrected chi connectivity index (χ3v) is 2.54. The summed E-state index contributed by atoms with van der Waals surface area (Å²) in [6.07, 6.45) is 3.53. The molecule has 84 valence electrons. The molecule has 0 radical (unpaired) electrons. The van der Waals surface area contributed by atoms with Crippen LogP contribution in [0.2, 0.25) is 0 Å². The van der Waals surface area contributed by atoms with E-state index in [1.807, 2.05) is 17.9 Å². The van der Waals surface area contributed by atoms with Crippen LogP contribution in [0.3, 0.4) is 0 Å². The van der Waals surface area contributed by atoms with Crippen molar-refractivity contribution >= 4 is 5.84 Å². The van der Waals surface area contributed by atoms with Gasteiger partial charge in [-0.2, -0.15) is 0 Å². The molecule has 4 heteroatoms. The fraction of sp³-hybridized carbons (Fsp3) is 0.333. The van der Waals surface area contributed by atoms with Gasteiger partial charge < -0.3 is 9.64 Å². The highest BCUT2D eigenvalue weighted by Crippen LogP contribution is 2.23. The van der Waals surface area contributed by atoms with Crippen molar-refractivity contribution in [3.05, 3.63) is 36.3 Å². The van der Waals surface area contributed by atoms with E-state index in [1.165, 1.54) is 0 Å². The van der Waals surface area contributed by atoms with E-state index in [0.717, 1.165) is 29.4 Å². The first kappa shape index (κ1) is 10.7. The van der Waals surface area contributed by atoms with E-state index in [2.05, 4.69) is 16.6 Å². The zero-order valence-electron chi connectivity index (χ0n) is 9.60. The standard InChI is InChI=1S/C12H15N3O/c1-4-15-5-6-16-11-8-14-9(2)7-10(11)12(15)13-3/h4,7-8H,1,5-6H2,2-3H3. The van der Waals surface area contributed by atoms with Crippen molar-refractivity contribution in [2.75, 3.05) is 20.2 Å². The first-order valence-corrected chi connectivity index (χ1v) is 5.22. The largest absolute Gasteiger partial charge is 0.489 e. The van der Waals surface area contributed by atoms with Crippen molar-refractivity contribution in [1.29, 1.82) is 0 Å². The summed E-state index contributed by atoms with van der Waals surface area (Å²) < 4.78 is 5.63. The zero-order valence-corrected chi connectivity index (χ0v) is 9.60. The first-order chi connectivity index (χ1) is 7.76. The van der Waals surface area contributed by atoms with Gasteiger partial charge in [-0.25, -0.2) is 0 Å². The molecular formula is C12H15N3O. The smallest absolute Gasteiger partial charge is 0.148 e. The number of amidine groups is 1. The molecule has 0 saturated heterocycles. The molecule has 0 atom stereocenters. The summed E-state index contributed by atoms with van der Waals surface area (Å²) >= 11 is 0. The minimum absolute atomic E-state index is 0.614. The second-order valence-electron chi connectivity index (χ2n) is 3.59. The highest BCUT2D eigenvalue weighted by Gasteiger charge is 2.19. The van der Waals surface area contributed by atoms with Crippen LogP contribution < -0.4 is 4.74 Å². The Bertz CT molecular complexity index is 440. The van der Waals surface area contributed by atoms with Gasteiger partial charge >= 0.3 is 0 Å². The van der Waals surface area contributed by atoms with Crippen molar-refractivity contribution in [3.8, 4) is 5.75 Å². The summed E-state index contributed by atoms with van der Waals surface area (Å²) in [5.41, 5.74) is 1.93. The normalized spacial score (nSPS) is 17.6. The Labute approximate surface area is 95.3 Å². The molecule has 0 N–H and O–H groups in total. The van der Waals surface area contributed by atoms with E-state index >= 15 is 0 Å². The van der Waals surface area contributed by atoms with Crippen LogP contribution in [0.15, 0.2) is 30.0 Å². The summed E-state index contributed by atoms with van der Waals surface area (Å²) in [6, 6.07) is 1.99. The van der Waals surface area contributed by atoms with Gasteiger partial charge in [-0.15, -0.1) is 0 Å². The number of ether oxygens (including phenoxy) is 1. The van der Waals surface area contributed by atoms with Crippen molar-refractivity contribution in [1.82, 2.24) is 9.88 Å². The molecule has 0 amide bonds. The van der Waals surface area contributed by atoms with Gasteiger partial charge in [0.25, 0.3) is 0 Å². The Hall–Kier alpha value is -1.84. The van der Waals surface area contributed by atoms with Crippen LogP contribution >= 0.6 is 0 Å². The molecule has 2 rings (SSSR count). The lowest BCUT2D eigenvalue weighted by molar-refractivity contribution is 0.300. The molecule has 1 aliphatic rings.